The fourth-order valence-corrected chi connectivity index (χ4v) is 3.75. The molecule has 0 fully saturated rings. The summed E-state index contributed by atoms with van der Waals surface area (Å²) in [5.74, 6) is -0.154. The normalized spacial score (nSPS) is 16.9. The van der Waals surface area contributed by atoms with Crippen LogP contribution in [0.1, 0.15) is 5.56 Å². The molecule has 0 spiro atoms. The minimum Gasteiger partial charge on any atom is -0.477 e. The van der Waals surface area contributed by atoms with Crippen molar-refractivity contribution in [2.24, 2.45) is 0 Å². The van der Waals surface area contributed by atoms with Gasteiger partial charge in [-0.1, -0.05) is 41.9 Å². The Kier molecular flexibility index (Phi) is 4.75. The van der Waals surface area contributed by atoms with Gasteiger partial charge in [0, 0.05) is 5.02 Å². The van der Waals surface area contributed by atoms with Crippen LogP contribution in [0.25, 0.3) is 0 Å². The summed E-state index contributed by atoms with van der Waals surface area (Å²) in [4.78, 5) is 12.0. The maximum absolute atomic E-state index is 12.2. The lowest BCUT2D eigenvalue weighted by Crippen LogP contribution is -2.45. The topological polar surface area (TPSA) is 84.5 Å². The Bertz CT molecular complexity index is 870. The zero-order valence-electron chi connectivity index (χ0n) is 12.5. The second-order valence-electron chi connectivity index (χ2n) is 5.29. The Morgan fingerprint density at radius 2 is 1.83 bits per heavy atom. The van der Waals surface area contributed by atoms with Crippen LogP contribution in [0.3, 0.4) is 0 Å². The monoisotopic (exact) mass is 366 g/mol. The Morgan fingerprint density at radius 1 is 1.12 bits per heavy atom. The highest BCUT2D eigenvalue weighted by Gasteiger charge is 2.28. The first-order valence-corrected chi connectivity index (χ1v) is 9.25. The van der Waals surface area contributed by atoms with Gasteiger partial charge in [-0.2, -0.15) is 0 Å². The van der Waals surface area contributed by atoms with E-state index < -0.39 is 22.0 Å². The molecule has 0 radical (unpaired) electrons. The second-order valence-corrected chi connectivity index (χ2v) is 7.50. The van der Waals surface area contributed by atoms with Gasteiger partial charge < -0.3 is 10.1 Å². The Morgan fingerprint density at radius 3 is 2.62 bits per heavy atom. The number of carbonyl (C=O) groups is 1. The zero-order valence-corrected chi connectivity index (χ0v) is 14.1. The Labute approximate surface area is 144 Å². The van der Waals surface area contributed by atoms with E-state index in [0.717, 1.165) is 0 Å². The fourth-order valence-electron chi connectivity index (χ4n) is 2.30. The van der Waals surface area contributed by atoms with Gasteiger partial charge in [0.2, 0.25) is 10.0 Å². The van der Waals surface area contributed by atoms with Crippen molar-refractivity contribution < 1.29 is 17.9 Å². The molecule has 0 aliphatic carbocycles. The first-order valence-electron chi connectivity index (χ1n) is 7.22. The molecule has 1 unspecified atom stereocenters. The molecule has 1 heterocycles. The molecule has 0 saturated carbocycles. The van der Waals surface area contributed by atoms with Gasteiger partial charge in [0.25, 0.3) is 5.91 Å². The minimum absolute atomic E-state index is 0.160. The summed E-state index contributed by atoms with van der Waals surface area (Å²) in [6.07, 6.45) is -0.930. The summed E-state index contributed by atoms with van der Waals surface area (Å²) >= 11 is 5.98. The van der Waals surface area contributed by atoms with Crippen molar-refractivity contribution in [1.29, 1.82) is 0 Å². The van der Waals surface area contributed by atoms with Crippen molar-refractivity contribution >= 4 is 33.2 Å². The minimum atomic E-state index is -3.65. The number of para-hydroxylation sites is 2. The fraction of sp³-hybridized carbons (Fsp3) is 0.188. The standard InChI is InChI=1S/C16H15ClN2O4S/c17-12-6-2-1-5-11(12)10-24(21,22)18-9-15-16(20)19-13-7-3-4-8-14(13)23-15/h1-8,15,18H,9-10H2,(H,19,20). The van der Waals surface area contributed by atoms with Crippen LogP contribution in [0.5, 0.6) is 5.75 Å². The molecule has 126 valence electrons. The van der Waals surface area contributed by atoms with Gasteiger partial charge >= 0.3 is 0 Å². The molecule has 2 N–H and O–H groups in total. The van der Waals surface area contributed by atoms with Gasteiger partial charge in [-0.25, -0.2) is 13.1 Å². The molecule has 6 nitrogen and oxygen atoms in total. The van der Waals surface area contributed by atoms with Gasteiger partial charge in [0.1, 0.15) is 5.75 Å². The number of amides is 1. The number of carbonyl (C=O) groups excluding carboxylic acids is 1. The van der Waals surface area contributed by atoms with E-state index in [2.05, 4.69) is 10.0 Å². The van der Waals surface area contributed by atoms with Crippen molar-refractivity contribution in [3.63, 3.8) is 0 Å². The molecule has 2 aromatic carbocycles. The summed E-state index contributed by atoms with van der Waals surface area (Å²) in [5, 5.41) is 3.06. The molecule has 0 aromatic heterocycles. The number of halogens is 1. The lowest BCUT2D eigenvalue weighted by atomic mass is 10.2. The largest absolute Gasteiger partial charge is 0.477 e. The predicted octanol–water partition coefficient (Wildman–Crippen LogP) is 2.16. The SMILES string of the molecule is O=C1Nc2ccccc2OC1CNS(=O)(=O)Cc1ccccc1Cl. The molecule has 8 heteroatoms. The smallest absolute Gasteiger partial charge is 0.266 e. The number of rotatable bonds is 5. The van der Waals surface area contributed by atoms with Crippen molar-refractivity contribution in [3.05, 3.63) is 59.1 Å². The maximum atomic E-state index is 12.2. The van der Waals surface area contributed by atoms with Crippen LogP contribution in [0.15, 0.2) is 48.5 Å². The molecule has 24 heavy (non-hydrogen) atoms. The third kappa shape index (κ3) is 3.87. The van der Waals surface area contributed by atoms with Crippen molar-refractivity contribution in [3.8, 4) is 5.75 Å². The van der Waals surface area contributed by atoms with Gasteiger partial charge in [-0.05, 0) is 23.8 Å². The van der Waals surface area contributed by atoms with E-state index in [1.807, 2.05) is 0 Å². The first kappa shape index (κ1) is 16.8. The number of benzene rings is 2. The van der Waals surface area contributed by atoms with E-state index in [1.54, 1.807) is 48.5 Å². The third-order valence-corrected chi connectivity index (χ3v) is 5.16. The number of fused-ring (bicyclic) bond motifs is 1. The van der Waals surface area contributed by atoms with Crippen molar-refractivity contribution in [2.75, 3.05) is 11.9 Å². The van der Waals surface area contributed by atoms with Crippen LogP contribution < -0.4 is 14.8 Å². The third-order valence-electron chi connectivity index (χ3n) is 3.50. The summed E-state index contributed by atoms with van der Waals surface area (Å²) in [6, 6.07) is 13.7. The highest BCUT2D eigenvalue weighted by atomic mass is 35.5. The Balaban J connectivity index is 1.65. The molecule has 1 atom stereocenters. The molecule has 2 aromatic rings. The van der Waals surface area contributed by atoms with Crippen LogP contribution in [0.2, 0.25) is 5.02 Å². The van der Waals surface area contributed by atoms with Gasteiger partial charge in [-0.3, -0.25) is 4.79 Å². The van der Waals surface area contributed by atoms with Crippen LogP contribution in [-0.4, -0.2) is 27.0 Å². The number of anilines is 1. The van der Waals surface area contributed by atoms with E-state index in [-0.39, 0.29) is 12.3 Å². The summed E-state index contributed by atoms with van der Waals surface area (Å²) in [6.45, 7) is -0.160. The molecule has 1 aliphatic rings. The van der Waals surface area contributed by atoms with E-state index in [9.17, 15) is 13.2 Å². The lowest BCUT2D eigenvalue weighted by Gasteiger charge is -2.25. The molecule has 1 amide bonds. The van der Waals surface area contributed by atoms with Gasteiger partial charge in [0.15, 0.2) is 6.10 Å². The molecule has 1 aliphatic heterocycles. The van der Waals surface area contributed by atoms with E-state index in [4.69, 9.17) is 16.3 Å². The molecular formula is C16H15ClN2O4S. The number of hydrogen-bond donors (Lipinski definition) is 2. The number of nitrogens with one attached hydrogen (secondary N) is 2. The molecule has 0 bridgehead atoms. The lowest BCUT2D eigenvalue weighted by molar-refractivity contribution is -0.123. The summed E-state index contributed by atoms with van der Waals surface area (Å²) in [5.41, 5.74) is 1.06. The summed E-state index contributed by atoms with van der Waals surface area (Å²) in [7, 11) is -3.65. The summed E-state index contributed by atoms with van der Waals surface area (Å²) < 4.78 is 32.3. The predicted molar refractivity (Wildman–Crippen MR) is 91.6 cm³/mol. The van der Waals surface area contributed by atoms with Crippen molar-refractivity contribution in [1.82, 2.24) is 4.72 Å². The van der Waals surface area contributed by atoms with E-state index >= 15 is 0 Å². The number of sulfonamides is 1. The van der Waals surface area contributed by atoms with Crippen LogP contribution in [-0.2, 0) is 20.6 Å². The van der Waals surface area contributed by atoms with E-state index in [1.165, 1.54) is 0 Å². The highest BCUT2D eigenvalue weighted by molar-refractivity contribution is 7.88. The first-order chi connectivity index (χ1) is 11.4. The molecular weight excluding hydrogens is 352 g/mol. The van der Waals surface area contributed by atoms with Crippen LogP contribution >= 0.6 is 11.6 Å². The van der Waals surface area contributed by atoms with Crippen LogP contribution in [0.4, 0.5) is 5.69 Å². The average Bonchev–Trinajstić information content (AvgIpc) is 2.55. The molecule has 0 saturated heterocycles. The second kappa shape index (κ2) is 6.80. The maximum Gasteiger partial charge on any atom is 0.266 e. The quantitative estimate of drug-likeness (QED) is 0.849. The average molecular weight is 367 g/mol. The van der Waals surface area contributed by atoms with E-state index in [0.29, 0.717) is 22.0 Å². The Hall–Kier alpha value is -2.09. The van der Waals surface area contributed by atoms with Crippen molar-refractivity contribution in [2.45, 2.75) is 11.9 Å². The van der Waals surface area contributed by atoms with Gasteiger partial charge in [-0.15, -0.1) is 0 Å². The van der Waals surface area contributed by atoms with Gasteiger partial charge in [0.05, 0.1) is 18.0 Å². The highest BCUT2D eigenvalue weighted by Crippen LogP contribution is 2.28. The number of hydrogen-bond acceptors (Lipinski definition) is 4. The zero-order chi connectivity index (χ0) is 17.2. The number of ether oxygens (including phenoxy) is 1. The molecule has 3 rings (SSSR count). The van der Waals surface area contributed by atoms with Crippen LogP contribution in [0, 0.1) is 0 Å².